The van der Waals surface area contributed by atoms with E-state index < -0.39 is 34.0 Å². The van der Waals surface area contributed by atoms with Gasteiger partial charge in [-0.1, -0.05) is 0 Å². The number of rotatable bonds is 4. The van der Waals surface area contributed by atoms with Crippen LogP contribution in [0.4, 0.5) is 29.3 Å². The van der Waals surface area contributed by atoms with E-state index >= 15 is 0 Å². The fourth-order valence-corrected chi connectivity index (χ4v) is 3.06. The smallest absolute Gasteiger partial charge is 0.416 e. The van der Waals surface area contributed by atoms with Gasteiger partial charge in [0.1, 0.15) is 11.3 Å². The van der Waals surface area contributed by atoms with Gasteiger partial charge >= 0.3 is 12.3 Å². The molecule has 1 aliphatic rings. The lowest BCUT2D eigenvalue weighted by molar-refractivity contribution is -0.384. The van der Waals surface area contributed by atoms with Crippen molar-refractivity contribution in [3.05, 3.63) is 33.9 Å². The summed E-state index contributed by atoms with van der Waals surface area (Å²) in [5.41, 5.74) is -2.20. The molecule has 2 N–H and O–H groups in total. The van der Waals surface area contributed by atoms with Crippen LogP contribution in [0.2, 0.25) is 0 Å². The Kier molecular flexibility index (Phi) is 6.41. The van der Waals surface area contributed by atoms with Gasteiger partial charge in [-0.15, -0.1) is 0 Å². The van der Waals surface area contributed by atoms with Gasteiger partial charge in [0, 0.05) is 18.2 Å². The summed E-state index contributed by atoms with van der Waals surface area (Å²) in [6.07, 6.45) is -2.66. The summed E-state index contributed by atoms with van der Waals surface area (Å²) >= 11 is 0. The molecule has 1 aromatic carbocycles. The quantitative estimate of drug-likeness (QED) is 0.553. The van der Waals surface area contributed by atoms with Gasteiger partial charge in [0.05, 0.1) is 10.5 Å². The number of nitro benzene ring substituents is 1. The molecule has 0 heterocycles. The van der Waals surface area contributed by atoms with Gasteiger partial charge in [0.15, 0.2) is 0 Å². The third-order valence-electron chi connectivity index (χ3n) is 4.33. The molecule has 0 unspecified atom stereocenters. The molecule has 0 atom stereocenters. The average molecular weight is 403 g/mol. The number of nitrogens with zero attached hydrogens (tertiary/aromatic N) is 1. The maximum Gasteiger partial charge on any atom is 0.416 e. The van der Waals surface area contributed by atoms with E-state index in [-0.39, 0.29) is 17.8 Å². The van der Waals surface area contributed by atoms with E-state index in [2.05, 4.69) is 10.6 Å². The van der Waals surface area contributed by atoms with Crippen LogP contribution in [-0.4, -0.2) is 28.7 Å². The average Bonchev–Trinajstić information content (AvgIpc) is 2.54. The number of nitro groups is 1. The first-order valence-corrected chi connectivity index (χ1v) is 8.97. The van der Waals surface area contributed by atoms with Crippen LogP contribution in [0, 0.1) is 10.1 Å². The Morgan fingerprint density at radius 3 is 2.21 bits per heavy atom. The highest BCUT2D eigenvalue weighted by Crippen LogP contribution is 2.36. The van der Waals surface area contributed by atoms with Crippen molar-refractivity contribution in [3.63, 3.8) is 0 Å². The van der Waals surface area contributed by atoms with E-state index in [0.29, 0.717) is 31.7 Å². The highest BCUT2D eigenvalue weighted by atomic mass is 19.4. The minimum atomic E-state index is -4.64. The van der Waals surface area contributed by atoms with E-state index in [9.17, 15) is 28.1 Å². The fraction of sp³-hybridized carbons (Fsp3) is 0.611. The number of carbonyl (C=O) groups is 1. The van der Waals surface area contributed by atoms with E-state index in [1.165, 1.54) is 0 Å². The Morgan fingerprint density at radius 2 is 1.71 bits per heavy atom. The third-order valence-corrected chi connectivity index (χ3v) is 4.33. The van der Waals surface area contributed by atoms with Crippen LogP contribution in [0.15, 0.2) is 18.2 Å². The molecule has 0 radical (unpaired) electrons. The number of alkyl carbamates (subject to hydrolysis) is 1. The minimum absolute atomic E-state index is 0.0570. The second-order valence-corrected chi connectivity index (χ2v) is 7.83. The first-order valence-electron chi connectivity index (χ1n) is 8.97. The molecule has 28 heavy (non-hydrogen) atoms. The molecule has 10 heteroatoms. The standard InChI is InChI=1S/C18H24F3N3O4/c1-17(2,3)28-16(25)23-13-7-5-12(6-8-13)22-14-9-4-11(18(19,20)21)10-15(14)24(26)27/h4,9-10,12-13,22H,5-8H2,1-3H3,(H,23,25)/t12-,13-. The van der Waals surface area contributed by atoms with Crippen molar-refractivity contribution < 1.29 is 27.6 Å². The molecule has 0 aromatic heterocycles. The number of halogens is 3. The topological polar surface area (TPSA) is 93.5 Å². The van der Waals surface area contributed by atoms with Crippen molar-refractivity contribution in [1.82, 2.24) is 5.32 Å². The number of hydrogen-bond acceptors (Lipinski definition) is 5. The second-order valence-electron chi connectivity index (χ2n) is 7.83. The zero-order valence-corrected chi connectivity index (χ0v) is 15.9. The molecular weight excluding hydrogens is 379 g/mol. The molecule has 0 bridgehead atoms. The van der Waals surface area contributed by atoms with E-state index in [1.54, 1.807) is 20.8 Å². The molecule has 1 saturated carbocycles. The predicted octanol–water partition coefficient (Wildman–Crippen LogP) is 4.86. The lowest BCUT2D eigenvalue weighted by Gasteiger charge is -2.31. The van der Waals surface area contributed by atoms with Crippen molar-refractivity contribution >= 4 is 17.5 Å². The number of alkyl halides is 3. The molecular formula is C18H24F3N3O4. The van der Waals surface area contributed by atoms with Crippen LogP contribution in [0.25, 0.3) is 0 Å². The summed E-state index contributed by atoms with van der Waals surface area (Å²) in [5.74, 6) is 0. The Balaban J connectivity index is 1.96. The van der Waals surface area contributed by atoms with Crippen molar-refractivity contribution in [2.24, 2.45) is 0 Å². The van der Waals surface area contributed by atoms with Crippen LogP contribution in [0.5, 0.6) is 0 Å². The van der Waals surface area contributed by atoms with Crippen molar-refractivity contribution in [2.75, 3.05) is 5.32 Å². The number of benzene rings is 1. The zero-order valence-electron chi connectivity index (χ0n) is 15.9. The molecule has 1 aliphatic carbocycles. The maximum atomic E-state index is 12.8. The van der Waals surface area contributed by atoms with Crippen molar-refractivity contribution in [2.45, 2.75) is 70.3 Å². The second kappa shape index (κ2) is 8.24. The highest BCUT2D eigenvalue weighted by molar-refractivity contribution is 5.68. The van der Waals surface area contributed by atoms with Gasteiger partial charge in [-0.2, -0.15) is 13.2 Å². The van der Waals surface area contributed by atoms with Gasteiger partial charge in [-0.3, -0.25) is 10.1 Å². The lowest BCUT2D eigenvalue weighted by atomic mass is 9.91. The minimum Gasteiger partial charge on any atom is -0.444 e. The molecule has 156 valence electrons. The molecule has 1 fully saturated rings. The molecule has 1 amide bonds. The summed E-state index contributed by atoms with van der Waals surface area (Å²) < 4.78 is 43.6. The molecule has 7 nitrogen and oxygen atoms in total. The van der Waals surface area contributed by atoms with Gasteiger partial charge in [0.25, 0.3) is 5.69 Å². The summed E-state index contributed by atoms with van der Waals surface area (Å²) in [5, 5.41) is 16.9. The van der Waals surface area contributed by atoms with Crippen LogP contribution in [-0.2, 0) is 10.9 Å². The Morgan fingerprint density at radius 1 is 1.14 bits per heavy atom. The number of nitrogens with one attached hydrogen (secondary N) is 2. The first kappa shape index (κ1) is 21.8. The summed E-state index contributed by atoms with van der Waals surface area (Å²) in [6.45, 7) is 5.30. The normalized spacial score (nSPS) is 20.4. The van der Waals surface area contributed by atoms with Gasteiger partial charge in [-0.05, 0) is 58.6 Å². The van der Waals surface area contributed by atoms with Gasteiger partial charge < -0.3 is 15.4 Å². The van der Waals surface area contributed by atoms with Gasteiger partial charge in [0.2, 0.25) is 0 Å². The SMILES string of the molecule is CC(C)(C)OC(=O)N[C@H]1CC[C@H](Nc2ccc(C(F)(F)F)cc2[N+](=O)[O-])CC1. The molecule has 0 aliphatic heterocycles. The van der Waals surface area contributed by atoms with Crippen LogP contribution in [0.1, 0.15) is 52.0 Å². The van der Waals surface area contributed by atoms with E-state index in [0.717, 1.165) is 12.1 Å². The van der Waals surface area contributed by atoms with Gasteiger partial charge in [-0.25, -0.2) is 4.79 Å². The fourth-order valence-electron chi connectivity index (χ4n) is 3.06. The third kappa shape index (κ3) is 6.28. The Labute approximate surface area is 160 Å². The molecule has 0 spiro atoms. The number of carbonyl (C=O) groups excluding carboxylic acids is 1. The van der Waals surface area contributed by atoms with E-state index in [1.807, 2.05) is 0 Å². The molecule has 1 aromatic rings. The number of ether oxygens (including phenoxy) is 1. The monoisotopic (exact) mass is 403 g/mol. The van der Waals surface area contributed by atoms with Crippen molar-refractivity contribution in [1.29, 1.82) is 0 Å². The van der Waals surface area contributed by atoms with Crippen molar-refractivity contribution in [3.8, 4) is 0 Å². The molecule has 2 rings (SSSR count). The number of amides is 1. The lowest BCUT2D eigenvalue weighted by Crippen LogP contribution is -2.42. The maximum absolute atomic E-state index is 12.8. The predicted molar refractivity (Wildman–Crippen MR) is 97.1 cm³/mol. The highest BCUT2D eigenvalue weighted by Gasteiger charge is 2.33. The largest absolute Gasteiger partial charge is 0.444 e. The summed E-state index contributed by atoms with van der Waals surface area (Å²) in [7, 11) is 0. The van der Waals surface area contributed by atoms with Crippen LogP contribution in [0.3, 0.4) is 0 Å². The summed E-state index contributed by atoms with van der Waals surface area (Å²) in [6, 6.07) is 2.25. The molecule has 0 saturated heterocycles. The number of anilines is 1. The Hall–Kier alpha value is -2.52. The zero-order chi connectivity index (χ0) is 21.1. The summed E-state index contributed by atoms with van der Waals surface area (Å²) in [4.78, 5) is 22.2. The van der Waals surface area contributed by atoms with Crippen LogP contribution < -0.4 is 10.6 Å². The first-order chi connectivity index (χ1) is 12.8. The Bertz CT molecular complexity index is 724. The van der Waals surface area contributed by atoms with E-state index in [4.69, 9.17) is 4.74 Å². The number of hydrogen-bond donors (Lipinski definition) is 2. The van der Waals surface area contributed by atoms with Crippen LogP contribution >= 0.6 is 0 Å².